The lowest BCUT2D eigenvalue weighted by Crippen LogP contribution is -2.42. The molecule has 0 aliphatic carbocycles. The summed E-state index contributed by atoms with van der Waals surface area (Å²) in [5.74, 6) is 0.602. The molecule has 0 saturated heterocycles. The molecule has 0 saturated carbocycles. The van der Waals surface area contributed by atoms with Crippen molar-refractivity contribution in [3.63, 3.8) is 0 Å². The summed E-state index contributed by atoms with van der Waals surface area (Å²) in [5.41, 5.74) is 0.567. The summed E-state index contributed by atoms with van der Waals surface area (Å²) < 4.78 is 5.17. The summed E-state index contributed by atoms with van der Waals surface area (Å²) in [5, 5.41) is 19.0. The van der Waals surface area contributed by atoms with E-state index < -0.39 is 17.8 Å². The number of amides is 1. The number of alkyl carbamates (subject to hydrolysis) is 1. The zero-order valence-corrected chi connectivity index (χ0v) is 16.2. The first-order chi connectivity index (χ1) is 12.3. The Morgan fingerprint density at radius 2 is 1.81 bits per heavy atom. The minimum absolute atomic E-state index is 0.295. The molecule has 4 N–H and O–H groups in total. The molecule has 7 nitrogen and oxygen atoms in total. The minimum atomic E-state index is -0.548. The molecule has 26 heavy (non-hydrogen) atoms. The molecule has 0 aliphatic rings. The van der Waals surface area contributed by atoms with Crippen molar-refractivity contribution < 1.29 is 14.6 Å². The zero-order valence-electron chi connectivity index (χ0n) is 16.2. The number of guanidine groups is 1. The number of carbonyl (C=O) groups is 1. The van der Waals surface area contributed by atoms with Gasteiger partial charge in [0.1, 0.15) is 5.60 Å². The highest BCUT2D eigenvalue weighted by Crippen LogP contribution is 2.06. The Hall–Kier alpha value is -2.28. The SMILES string of the molecule is CCNC(=NCC(O)Cc1ccccc1)NCCNC(=O)OC(C)(C)C. The van der Waals surface area contributed by atoms with Gasteiger partial charge in [-0.3, -0.25) is 4.99 Å². The van der Waals surface area contributed by atoms with E-state index in [0.29, 0.717) is 38.6 Å². The van der Waals surface area contributed by atoms with E-state index in [-0.39, 0.29) is 0 Å². The van der Waals surface area contributed by atoms with Gasteiger partial charge in [0.2, 0.25) is 0 Å². The maximum absolute atomic E-state index is 11.6. The van der Waals surface area contributed by atoms with Gasteiger partial charge >= 0.3 is 6.09 Å². The average Bonchev–Trinajstić information content (AvgIpc) is 2.55. The summed E-state index contributed by atoms with van der Waals surface area (Å²) in [6.45, 7) is 9.34. The van der Waals surface area contributed by atoms with Gasteiger partial charge in [0.05, 0.1) is 12.6 Å². The van der Waals surface area contributed by atoms with E-state index in [0.717, 1.165) is 5.56 Å². The van der Waals surface area contributed by atoms with Crippen LogP contribution in [0.4, 0.5) is 4.79 Å². The third-order valence-corrected chi connectivity index (χ3v) is 3.20. The lowest BCUT2D eigenvalue weighted by atomic mass is 10.1. The van der Waals surface area contributed by atoms with Crippen LogP contribution in [0.1, 0.15) is 33.3 Å². The first-order valence-corrected chi connectivity index (χ1v) is 9.01. The van der Waals surface area contributed by atoms with Gasteiger partial charge in [0.25, 0.3) is 0 Å². The quantitative estimate of drug-likeness (QED) is 0.320. The summed E-state index contributed by atoms with van der Waals surface area (Å²) in [6, 6.07) is 9.83. The Morgan fingerprint density at radius 1 is 1.15 bits per heavy atom. The summed E-state index contributed by atoms with van der Waals surface area (Å²) in [7, 11) is 0. The molecule has 1 atom stereocenters. The molecule has 0 fully saturated rings. The Balaban J connectivity index is 2.35. The second-order valence-electron chi connectivity index (χ2n) is 6.92. The molecule has 0 heterocycles. The fraction of sp³-hybridized carbons (Fsp3) is 0.579. The predicted molar refractivity (Wildman–Crippen MR) is 104 cm³/mol. The number of nitrogens with one attached hydrogen (secondary N) is 3. The van der Waals surface area contributed by atoms with Crippen molar-refractivity contribution in [3.8, 4) is 0 Å². The van der Waals surface area contributed by atoms with Crippen LogP contribution in [0.5, 0.6) is 0 Å². The van der Waals surface area contributed by atoms with Crippen molar-refractivity contribution in [2.75, 3.05) is 26.2 Å². The molecule has 146 valence electrons. The van der Waals surface area contributed by atoms with Crippen LogP contribution in [-0.4, -0.2) is 55.0 Å². The molecule has 0 aromatic heterocycles. The maximum atomic E-state index is 11.6. The van der Waals surface area contributed by atoms with Gasteiger partial charge in [-0.1, -0.05) is 30.3 Å². The van der Waals surface area contributed by atoms with Crippen LogP contribution >= 0.6 is 0 Å². The first kappa shape index (κ1) is 21.8. The highest BCUT2D eigenvalue weighted by Gasteiger charge is 2.15. The normalized spacial score (nSPS) is 13.0. The number of ether oxygens (including phenoxy) is 1. The second kappa shape index (κ2) is 11.4. The molecule has 0 aliphatic heterocycles. The van der Waals surface area contributed by atoms with Gasteiger partial charge in [-0.15, -0.1) is 0 Å². The van der Waals surface area contributed by atoms with Gasteiger partial charge < -0.3 is 25.8 Å². The Kier molecular flexibility index (Phi) is 9.51. The average molecular weight is 364 g/mol. The standard InChI is InChI=1S/C19H32N4O3/c1-5-20-17(21-11-12-22-18(25)26-19(2,3)4)23-14-16(24)13-15-9-7-6-8-10-15/h6-10,16,24H,5,11-14H2,1-4H3,(H,22,25)(H2,20,21,23). The molecular weight excluding hydrogens is 332 g/mol. The van der Waals surface area contributed by atoms with Crippen molar-refractivity contribution in [2.45, 2.75) is 45.8 Å². The van der Waals surface area contributed by atoms with E-state index in [1.165, 1.54) is 0 Å². The molecule has 1 amide bonds. The van der Waals surface area contributed by atoms with E-state index in [1.807, 2.05) is 58.0 Å². The minimum Gasteiger partial charge on any atom is -0.444 e. The van der Waals surface area contributed by atoms with Gasteiger partial charge in [0, 0.05) is 26.1 Å². The molecule has 0 spiro atoms. The monoisotopic (exact) mass is 364 g/mol. The van der Waals surface area contributed by atoms with E-state index >= 15 is 0 Å². The molecule has 1 aromatic carbocycles. The van der Waals surface area contributed by atoms with Crippen molar-refractivity contribution in [1.82, 2.24) is 16.0 Å². The van der Waals surface area contributed by atoms with Crippen molar-refractivity contribution in [1.29, 1.82) is 0 Å². The fourth-order valence-electron chi connectivity index (χ4n) is 2.15. The van der Waals surface area contributed by atoms with Gasteiger partial charge in [-0.25, -0.2) is 4.79 Å². The molecule has 0 radical (unpaired) electrons. The molecule has 7 heteroatoms. The highest BCUT2D eigenvalue weighted by molar-refractivity contribution is 5.79. The van der Waals surface area contributed by atoms with Gasteiger partial charge in [-0.2, -0.15) is 0 Å². The number of nitrogens with zero attached hydrogens (tertiary/aromatic N) is 1. The zero-order chi connectivity index (χ0) is 19.4. The Labute approximate surface area is 156 Å². The molecule has 1 rings (SSSR count). The van der Waals surface area contributed by atoms with E-state index in [9.17, 15) is 9.90 Å². The van der Waals surface area contributed by atoms with Crippen LogP contribution in [-0.2, 0) is 11.2 Å². The van der Waals surface area contributed by atoms with E-state index in [2.05, 4.69) is 20.9 Å². The van der Waals surface area contributed by atoms with Crippen molar-refractivity contribution in [3.05, 3.63) is 35.9 Å². The van der Waals surface area contributed by atoms with Gasteiger partial charge in [0.15, 0.2) is 5.96 Å². The van der Waals surface area contributed by atoms with Crippen LogP contribution < -0.4 is 16.0 Å². The summed E-state index contributed by atoms with van der Waals surface area (Å²) in [6.07, 6.45) is -0.434. The highest BCUT2D eigenvalue weighted by atomic mass is 16.6. The van der Waals surface area contributed by atoms with Crippen LogP contribution in [0.2, 0.25) is 0 Å². The molecule has 1 aromatic rings. The molecular formula is C19H32N4O3. The lowest BCUT2D eigenvalue weighted by molar-refractivity contribution is 0.0529. The van der Waals surface area contributed by atoms with Crippen LogP contribution in [0.15, 0.2) is 35.3 Å². The number of hydrogen-bond acceptors (Lipinski definition) is 4. The molecule has 0 bridgehead atoms. The third-order valence-electron chi connectivity index (χ3n) is 3.20. The number of benzene rings is 1. The Bertz CT molecular complexity index is 556. The second-order valence-corrected chi connectivity index (χ2v) is 6.92. The van der Waals surface area contributed by atoms with Crippen LogP contribution in [0.3, 0.4) is 0 Å². The largest absolute Gasteiger partial charge is 0.444 e. The van der Waals surface area contributed by atoms with Crippen LogP contribution in [0, 0.1) is 0 Å². The topological polar surface area (TPSA) is 95.0 Å². The van der Waals surface area contributed by atoms with Crippen molar-refractivity contribution >= 4 is 12.1 Å². The third kappa shape index (κ3) is 10.6. The number of aliphatic hydroxyl groups is 1. The smallest absolute Gasteiger partial charge is 0.407 e. The Morgan fingerprint density at radius 3 is 2.42 bits per heavy atom. The lowest BCUT2D eigenvalue weighted by Gasteiger charge is -2.20. The first-order valence-electron chi connectivity index (χ1n) is 9.01. The van der Waals surface area contributed by atoms with Crippen LogP contribution in [0.25, 0.3) is 0 Å². The fourth-order valence-corrected chi connectivity index (χ4v) is 2.15. The van der Waals surface area contributed by atoms with Gasteiger partial charge in [-0.05, 0) is 33.3 Å². The number of hydrogen-bond donors (Lipinski definition) is 4. The van der Waals surface area contributed by atoms with E-state index in [1.54, 1.807) is 0 Å². The number of rotatable bonds is 8. The van der Waals surface area contributed by atoms with E-state index in [4.69, 9.17) is 4.74 Å². The molecule has 1 unspecified atom stereocenters. The summed E-state index contributed by atoms with van der Waals surface area (Å²) in [4.78, 5) is 16.0. The van der Waals surface area contributed by atoms with Crippen molar-refractivity contribution in [2.24, 2.45) is 4.99 Å². The maximum Gasteiger partial charge on any atom is 0.407 e. The number of aliphatic imine (C=N–C) groups is 1. The predicted octanol–water partition coefficient (Wildman–Crippen LogP) is 1.67. The summed E-state index contributed by atoms with van der Waals surface area (Å²) >= 11 is 0. The number of aliphatic hydroxyl groups excluding tert-OH is 1. The number of carbonyl (C=O) groups excluding carboxylic acids is 1.